The van der Waals surface area contributed by atoms with E-state index in [0.29, 0.717) is 0 Å². The number of ether oxygens (including phenoxy) is 1. The number of anilines is 6. The van der Waals surface area contributed by atoms with Crippen LogP contribution in [-0.2, 0) is 32.5 Å². The molecule has 0 unspecified atom stereocenters. The maximum atomic E-state index is 7.99. The van der Waals surface area contributed by atoms with Crippen molar-refractivity contribution in [1.29, 1.82) is 0 Å². The van der Waals surface area contributed by atoms with E-state index in [4.69, 9.17) is 4.74 Å². The van der Waals surface area contributed by atoms with Gasteiger partial charge in [0.1, 0.15) is 0 Å². The molecule has 0 saturated carbocycles. The van der Waals surface area contributed by atoms with Crippen LogP contribution < -0.4 is 30.2 Å². The summed E-state index contributed by atoms with van der Waals surface area (Å²) in [6.07, 6.45) is 2.12. The second kappa shape index (κ2) is 13.1. The molecule has 0 saturated heterocycles. The molecular formula is C66H64BN3OS. The molecule has 6 heterocycles. The van der Waals surface area contributed by atoms with E-state index in [-0.39, 0.29) is 39.2 Å². The Morgan fingerprint density at radius 1 is 0.528 bits per heavy atom. The van der Waals surface area contributed by atoms with Gasteiger partial charge >= 0.3 is 0 Å². The van der Waals surface area contributed by atoms with Crippen molar-refractivity contribution >= 4 is 116 Å². The molecule has 3 aliphatic heterocycles. The van der Waals surface area contributed by atoms with Crippen LogP contribution in [0, 0.1) is 0 Å². The Balaban J connectivity index is 1.21. The number of nitrogens with zero attached hydrogens (tertiary/aromatic N) is 3. The van der Waals surface area contributed by atoms with Gasteiger partial charge in [0, 0.05) is 53.2 Å². The summed E-state index contributed by atoms with van der Waals surface area (Å²) in [5.74, 6) is 2.12. The van der Waals surface area contributed by atoms with Crippen LogP contribution in [0.3, 0.4) is 0 Å². The minimum atomic E-state index is -0.112. The molecule has 0 radical (unpaired) electrons. The largest absolute Gasteiger partial charge is 0.452 e. The van der Waals surface area contributed by atoms with Crippen molar-refractivity contribution in [3.8, 4) is 11.5 Å². The smallest absolute Gasteiger partial charge is 0.264 e. The number of benzene rings is 7. The third-order valence-corrected chi connectivity index (χ3v) is 19.5. The Hall–Kier alpha value is -6.24. The highest BCUT2D eigenvalue weighted by atomic mass is 32.1. The Morgan fingerprint density at radius 3 is 1.72 bits per heavy atom. The summed E-state index contributed by atoms with van der Waals surface area (Å²) < 4.78 is 13.3. The van der Waals surface area contributed by atoms with Crippen molar-refractivity contribution in [3.63, 3.8) is 0 Å². The van der Waals surface area contributed by atoms with E-state index < -0.39 is 0 Å². The van der Waals surface area contributed by atoms with Crippen LogP contribution in [0.5, 0.6) is 11.5 Å². The number of thiophene rings is 1. The Kier molecular flexibility index (Phi) is 7.89. The molecule has 0 N–H and O–H groups in total. The first-order valence-corrected chi connectivity index (χ1v) is 27.4. The van der Waals surface area contributed by atoms with E-state index in [1.54, 1.807) is 0 Å². The fraction of sp³-hybridized carbons (Fsp3) is 0.333. The number of aromatic nitrogens is 1. The van der Waals surface area contributed by atoms with Gasteiger partial charge in [0.15, 0.2) is 11.5 Å². The van der Waals surface area contributed by atoms with E-state index in [2.05, 4.69) is 220 Å². The van der Waals surface area contributed by atoms with Gasteiger partial charge in [-0.3, -0.25) is 0 Å². The first-order valence-electron chi connectivity index (χ1n) is 26.6. The third-order valence-electron chi connectivity index (χ3n) is 18.3. The van der Waals surface area contributed by atoms with Crippen LogP contribution in [0.15, 0.2) is 109 Å². The minimum Gasteiger partial charge on any atom is -0.452 e. The molecule has 0 amide bonds. The highest BCUT2D eigenvalue weighted by molar-refractivity contribution is 7.33. The first-order chi connectivity index (χ1) is 34.0. The van der Waals surface area contributed by atoms with Gasteiger partial charge in [0.2, 0.25) is 0 Å². The van der Waals surface area contributed by atoms with Gasteiger partial charge in [0.05, 0.1) is 45.0 Å². The zero-order chi connectivity index (χ0) is 49.9. The Labute approximate surface area is 429 Å². The number of para-hydroxylation sites is 2. The second-order valence-corrected chi connectivity index (χ2v) is 28.2. The summed E-state index contributed by atoms with van der Waals surface area (Å²) in [6, 6.07) is 43.1. The molecule has 15 rings (SSSR count). The van der Waals surface area contributed by atoms with Crippen LogP contribution in [-0.4, -0.2) is 11.1 Å². The zero-order valence-electron chi connectivity index (χ0n) is 44.5. The van der Waals surface area contributed by atoms with Crippen LogP contribution in [0.1, 0.15) is 143 Å². The minimum absolute atomic E-state index is 0.00898. The average Bonchev–Trinajstić information content (AvgIpc) is 4.05. The number of hydrogen-bond donors (Lipinski definition) is 0. The lowest BCUT2D eigenvalue weighted by molar-refractivity contribution is 0.384. The molecule has 0 bridgehead atoms. The van der Waals surface area contributed by atoms with E-state index >= 15 is 0 Å². The third kappa shape index (κ3) is 5.20. The van der Waals surface area contributed by atoms with Gasteiger partial charge in [-0.2, -0.15) is 0 Å². The lowest BCUT2D eigenvalue weighted by Gasteiger charge is -2.47. The molecule has 0 atom stereocenters. The zero-order valence-corrected chi connectivity index (χ0v) is 45.4. The summed E-state index contributed by atoms with van der Waals surface area (Å²) in [6.45, 7) is 33.7. The highest BCUT2D eigenvalue weighted by Crippen LogP contribution is 2.66. The van der Waals surface area contributed by atoms with E-state index in [9.17, 15) is 0 Å². The second-order valence-electron chi connectivity index (χ2n) is 27.1. The first kappa shape index (κ1) is 43.4. The quantitative estimate of drug-likeness (QED) is 0.153. The standard InChI is InChI=1S/C66H64BN3OS/c1-61(2,3)35-23-26-37(27-24-35)68-53-40-31-36(62(4,5)6)25-30-47(40)72-60(53)67-43-32-42-51(66(13,14)34-64(42,9)10)59-54(43)70(46-29-28-41-50(58(46)71-59)65(11,12)33-63(41,7)8)57-49-39-20-16-18-22-45(39)69-44-21-17-15-19-38(44)48(55(49)69)56(68)52(57)67/h15-32H,33-34H2,1-14H3. The van der Waals surface area contributed by atoms with Crippen LogP contribution in [0.25, 0.3) is 48.2 Å². The number of fused-ring (bicyclic) bond motifs is 20. The molecule has 6 heteroatoms. The monoisotopic (exact) mass is 957 g/mol. The van der Waals surface area contributed by atoms with Crippen molar-refractivity contribution in [1.82, 2.24) is 4.40 Å². The van der Waals surface area contributed by atoms with Crippen molar-refractivity contribution in [2.75, 3.05) is 9.80 Å². The fourth-order valence-electron chi connectivity index (χ4n) is 15.8. The molecule has 0 spiro atoms. The topological polar surface area (TPSA) is 20.1 Å². The average molecular weight is 958 g/mol. The molecular weight excluding hydrogens is 894 g/mol. The summed E-state index contributed by atoms with van der Waals surface area (Å²) in [4.78, 5) is 5.50. The summed E-state index contributed by atoms with van der Waals surface area (Å²) in [7, 11) is 0. The van der Waals surface area contributed by atoms with Crippen LogP contribution >= 0.6 is 11.3 Å². The molecule has 7 aromatic carbocycles. The van der Waals surface area contributed by atoms with Crippen molar-refractivity contribution < 1.29 is 4.74 Å². The summed E-state index contributed by atoms with van der Waals surface area (Å²) >= 11 is 2.01. The predicted octanol–water partition coefficient (Wildman–Crippen LogP) is 16.8. The fourth-order valence-corrected chi connectivity index (χ4v) is 17.1. The summed E-state index contributed by atoms with van der Waals surface area (Å²) in [5.41, 5.74) is 22.1. The van der Waals surface area contributed by atoms with Gasteiger partial charge in [0.25, 0.3) is 6.71 Å². The van der Waals surface area contributed by atoms with E-state index in [1.165, 1.54) is 126 Å². The maximum Gasteiger partial charge on any atom is 0.264 e. The lowest BCUT2D eigenvalue weighted by atomic mass is 9.35. The molecule has 0 fully saturated rings. The van der Waals surface area contributed by atoms with Crippen molar-refractivity contribution in [2.45, 2.75) is 142 Å². The van der Waals surface area contributed by atoms with Gasteiger partial charge < -0.3 is 18.9 Å². The predicted molar refractivity (Wildman–Crippen MR) is 309 cm³/mol. The van der Waals surface area contributed by atoms with Gasteiger partial charge in [-0.05, 0) is 121 Å². The van der Waals surface area contributed by atoms with Crippen molar-refractivity contribution in [3.05, 3.63) is 143 Å². The normalized spacial score (nSPS) is 18.5. The Morgan fingerprint density at radius 2 is 1.10 bits per heavy atom. The molecule has 10 aromatic rings. The molecule has 2 aliphatic carbocycles. The number of hydrogen-bond acceptors (Lipinski definition) is 4. The molecule has 4 nitrogen and oxygen atoms in total. The lowest BCUT2D eigenvalue weighted by Crippen LogP contribution is -2.61. The highest BCUT2D eigenvalue weighted by Gasteiger charge is 2.56. The van der Waals surface area contributed by atoms with Crippen LogP contribution in [0.4, 0.5) is 34.1 Å². The molecule has 5 aliphatic rings. The van der Waals surface area contributed by atoms with Gasteiger partial charge in [-0.15, -0.1) is 11.3 Å². The number of rotatable bonds is 1. The van der Waals surface area contributed by atoms with Crippen molar-refractivity contribution in [2.24, 2.45) is 0 Å². The maximum absolute atomic E-state index is 7.99. The molecule has 3 aromatic heterocycles. The SMILES string of the molecule is CC(C)(C)c1ccc(N2c3c(sc4ccc(C(C)(C)C)cc34)B3c4cc5c(c6c4N(c4ccc7c(c4O6)C(C)(C)CC7(C)C)c4c3c2c2c3ccccc3n3c6ccccc6c4c23)C(C)(C)CC5(C)C)cc1. The summed E-state index contributed by atoms with van der Waals surface area (Å²) in [5, 5.41) is 6.57. The van der Waals surface area contributed by atoms with E-state index in [1.807, 2.05) is 11.3 Å². The molecule has 72 heavy (non-hydrogen) atoms. The van der Waals surface area contributed by atoms with Gasteiger partial charge in [-0.25, -0.2) is 0 Å². The van der Waals surface area contributed by atoms with Crippen LogP contribution in [0.2, 0.25) is 0 Å². The Bertz CT molecular complexity index is 4110. The van der Waals surface area contributed by atoms with E-state index in [0.717, 1.165) is 30.0 Å². The van der Waals surface area contributed by atoms with Gasteiger partial charge in [-0.1, -0.05) is 164 Å². The molecule has 358 valence electrons.